The van der Waals surface area contributed by atoms with Gasteiger partial charge in [0, 0.05) is 31.7 Å². The van der Waals surface area contributed by atoms with Crippen molar-refractivity contribution in [3.8, 4) is 0 Å². The van der Waals surface area contributed by atoms with Crippen LogP contribution in [-0.4, -0.2) is 52.9 Å². The second-order valence-corrected chi connectivity index (χ2v) is 9.64. The standard InChI is InChI=1S/C14H21N3O4S2/c1-11-10-15-8-9-17(11)23(20,21)14-6-4-13(5-7-14)22(18,19)16-12-2-3-12/h4-7,11-12,15-16H,2-3,8-10H2,1H3. The van der Waals surface area contributed by atoms with Crippen molar-refractivity contribution in [2.45, 2.75) is 41.6 Å². The highest BCUT2D eigenvalue weighted by Crippen LogP contribution is 2.24. The van der Waals surface area contributed by atoms with Crippen LogP contribution in [0.15, 0.2) is 34.1 Å². The average molecular weight is 359 g/mol. The number of nitrogens with one attached hydrogen (secondary N) is 2. The SMILES string of the molecule is CC1CNCCN1S(=O)(=O)c1ccc(S(=O)(=O)NC2CC2)cc1. The van der Waals surface area contributed by atoms with Crippen LogP contribution in [0.5, 0.6) is 0 Å². The number of rotatable bonds is 5. The highest BCUT2D eigenvalue weighted by atomic mass is 32.2. The molecule has 1 saturated carbocycles. The monoisotopic (exact) mass is 359 g/mol. The van der Waals surface area contributed by atoms with E-state index >= 15 is 0 Å². The molecule has 2 aliphatic rings. The van der Waals surface area contributed by atoms with E-state index < -0.39 is 20.0 Å². The van der Waals surface area contributed by atoms with Crippen LogP contribution >= 0.6 is 0 Å². The van der Waals surface area contributed by atoms with Crippen molar-refractivity contribution in [3.63, 3.8) is 0 Å². The van der Waals surface area contributed by atoms with E-state index in [-0.39, 0.29) is 21.9 Å². The summed E-state index contributed by atoms with van der Waals surface area (Å²) in [6, 6.07) is 5.32. The van der Waals surface area contributed by atoms with Crippen molar-refractivity contribution in [1.82, 2.24) is 14.3 Å². The summed E-state index contributed by atoms with van der Waals surface area (Å²) in [6.45, 7) is 3.48. The molecule has 1 heterocycles. The Morgan fingerprint density at radius 3 is 2.26 bits per heavy atom. The fourth-order valence-corrected chi connectivity index (χ4v) is 5.53. The van der Waals surface area contributed by atoms with Crippen LogP contribution in [0.25, 0.3) is 0 Å². The molecular weight excluding hydrogens is 338 g/mol. The minimum absolute atomic E-state index is 0.0186. The van der Waals surface area contributed by atoms with Crippen molar-refractivity contribution >= 4 is 20.0 Å². The third-order valence-electron chi connectivity index (χ3n) is 4.08. The number of piperazine rings is 1. The van der Waals surface area contributed by atoms with Crippen molar-refractivity contribution in [2.75, 3.05) is 19.6 Å². The largest absolute Gasteiger partial charge is 0.314 e. The fourth-order valence-electron chi connectivity index (χ4n) is 2.59. The molecule has 2 fully saturated rings. The molecule has 0 radical (unpaired) electrons. The van der Waals surface area contributed by atoms with Gasteiger partial charge in [0.05, 0.1) is 9.79 Å². The molecule has 7 nitrogen and oxygen atoms in total. The van der Waals surface area contributed by atoms with Gasteiger partial charge in [-0.05, 0) is 44.0 Å². The second kappa shape index (κ2) is 6.14. The first-order valence-corrected chi connectivity index (χ1v) is 10.6. The topological polar surface area (TPSA) is 95.6 Å². The predicted molar refractivity (Wildman–Crippen MR) is 86.0 cm³/mol. The summed E-state index contributed by atoms with van der Waals surface area (Å²) >= 11 is 0. The zero-order valence-electron chi connectivity index (χ0n) is 12.9. The zero-order chi connectivity index (χ0) is 16.7. The Hall–Kier alpha value is -1.00. The Balaban J connectivity index is 1.83. The van der Waals surface area contributed by atoms with Crippen LogP contribution in [0, 0.1) is 0 Å². The minimum Gasteiger partial charge on any atom is -0.314 e. The molecule has 3 rings (SSSR count). The molecule has 0 bridgehead atoms. The first kappa shape index (κ1) is 16.8. The first-order chi connectivity index (χ1) is 10.8. The summed E-state index contributed by atoms with van der Waals surface area (Å²) in [7, 11) is -7.17. The lowest BCUT2D eigenvalue weighted by Gasteiger charge is -2.32. The minimum atomic E-state index is -3.61. The molecular formula is C14H21N3O4S2. The van der Waals surface area contributed by atoms with Crippen molar-refractivity contribution < 1.29 is 16.8 Å². The number of hydrogen-bond acceptors (Lipinski definition) is 5. The van der Waals surface area contributed by atoms with Gasteiger partial charge in [-0.2, -0.15) is 4.31 Å². The summed E-state index contributed by atoms with van der Waals surface area (Å²) in [5.41, 5.74) is 0. The summed E-state index contributed by atoms with van der Waals surface area (Å²) in [5, 5.41) is 3.15. The van der Waals surface area contributed by atoms with E-state index in [9.17, 15) is 16.8 Å². The van der Waals surface area contributed by atoms with E-state index in [1.165, 1.54) is 28.6 Å². The van der Waals surface area contributed by atoms with E-state index in [1.807, 2.05) is 6.92 Å². The quantitative estimate of drug-likeness (QED) is 0.778. The van der Waals surface area contributed by atoms with Gasteiger partial charge in [0.2, 0.25) is 20.0 Å². The molecule has 128 valence electrons. The molecule has 1 saturated heterocycles. The molecule has 0 amide bonds. The normalized spacial score (nSPS) is 23.8. The fraction of sp³-hybridized carbons (Fsp3) is 0.571. The Kier molecular flexibility index (Phi) is 4.49. The number of hydrogen-bond donors (Lipinski definition) is 2. The van der Waals surface area contributed by atoms with E-state index in [0.717, 1.165) is 12.8 Å². The molecule has 1 aliphatic carbocycles. The number of benzene rings is 1. The van der Waals surface area contributed by atoms with Crippen LogP contribution in [-0.2, 0) is 20.0 Å². The first-order valence-electron chi connectivity index (χ1n) is 7.66. The summed E-state index contributed by atoms with van der Waals surface area (Å²) in [4.78, 5) is 0.216. The van der Waals surface area contributed by atoms with Gasteiger partial charge in [0.15, 0.2) is 0 Å². The molecule has 1 aromatic rings. The molecule has 9 heteroatoms. The van der Waals surface area contributed by atoms with E-state index in [2.05, 4.69) is 10.0 Å². The third-order valence-corrected chi connectivity index (χ3v) is 7.64. The summed E-state index contributed by atoms with van der Waals surface area (Å²) in [6.07, 6.45) is 1.71. The van der Waals surface area contributed by atoms with Gasteiger partial charge in [0.1, 0.15) is 0 Å². The lowest BCUT2D eigenvalue weighted by Crippen LogP contribution is -2.52. The maximum atomic E-state index is 12.7. The summed E-state index contributed by atoms with van der Waals surface area (Å²) in [5.74, 6) is 0. The zero-order valence-corrected chi connectivity index (χ0v) is 14.5. The van der Waals surface area contributed by atoms with Crippen LogP contribution in [0.1, 0.15) is 19.8 Å². The smallest absolute Gasteiger partial charge is 0.243 e. The number of nitrogens with zero attached hydrogens (tertiary/aromatic N) is 1. The predicted octanol–water partition coefficient (Wildman–Crippen LogP) is 0.110. The summed E-state index contributed by atoms with van der Waals surface area (Å²) < 4.78 is 53.6. The Labute approximate surface area is 137 Å². The van der Waals surface area contributed by atoms with Crippen molar-refractivity contribution in [1.29, 1.82) is 0 Å². The van der Waals surface area contributed by atoms with E-state index in [0.29, 0.717) is 19.6 Å². The van der Waals surface area contributed by atoms with Gasteiger partial charge in [-0.1, -0.05) is 0 Å². The maximum Gasteiger partial charge on any atom is 0.243 e. The molecule has 0 aromatic heterocycles. The van der Waals surface area contributed by atoms with E-state index in [4.69, 9.17) is 0 Å². The lowest BCUT2D eigenvalue weighted by molar-refractivity contribution is 0.284. The van der Waals surface area contributed by atoms with Crippen LogP contribution in [0.4, 0.5) is 0 Å². The molecule has 23 heavy (non-hydrogen) atoms. The van der Waals surface area contributed by atoms with Crippen LogP contribution in [0.3, 0.4) is 0 Å². The highest BCUT2D eigenvalue weighted by molar-refractivity contribution is 7.89. The Morgan fingerprint density at radius 1 is 1.09 bits per heavy atom. The molecule has 1 unspecified atom stereocenters. The molecule has 1 atom stereocenters. The van der Waals surface area contributed by atoms with Gasteiger partial charge in [-0.15, -0.1) is 0 Å². The van der Waals surface area contributed by atoms with Crippen molar-refractivity contribution in [2.24, 2.45) is 0 Å². The second-order valence-electron chi connectivity index (χ2n) is 6.04. The molecule has 0 spiro atoms. The number of sulfonamides is 2. The van der Waals surface area contributed by atoms with Gasteiger partial charge in [-0.25, -0.2) is 21.6 Å². The van der Waals surface area contributed by atoms with Crippen LogP contribution in [0.2, 0.25) is 0 Å². The van der Waals surface area contributed by atoms with E-state index in [1.54, 1.807) is 0 Å². The van der Waals surface area contributed by atoms with Gasteiger partial charge >= 0.3 is 0 Å². The Morgan fingerprint density at radius 2 is 1.70 bits per heavy atom. The lowest BCUT2D eigenvalue weighted by atomic mass is 10.3. The molecule has 1 aromatic carbocycles. The van der Waals surface area contributed by atoms with Gasteiger partial charge < -0.3 is 5.32 Å². The molecule has 2 N–H and O–H groups in total. The van der Waals surface area contributed by atoms with Gasteiger partial charge in [-0.3, -0.25) is 0 Å². The Bertz CT molecular complexity index is 771. The highest BCUT2D eigenvalue weighted by Gasteiger charge is 2.32. The van der Waals surface area contributed by atoms with Crippen LogP contribution < -0.4 is 10.0 Å². The van der Waals surface area contributed by atoms with Gasteiger partial charge in [0.25, 0.3) is 0 Å². The van der Waals surface area contributed by atoms with Crippen molar-refractivity contribution in [3.05, 3.63) is 24.3 Å². The maximum absolute atomic E-state index is 12.7. The molecule has 1 aliphatic heterocycles. The average Bonchev–Trinajstić information content (AvgIpc) is 3.31. The third kappa shape index (κ3) is 3.58.